The van der Waals surface area contributed by atoms with Gasteiger partial charge in [-0.1, -0.05) is 60.1 Å². The second-order valence-corrected chi connectivity index (χ2v) is 10.4. The fraction of sp³-hybridized carbons (Fsp3) is 0.364. The third-order valence-electron chi connectivity index (χ3n) is 5.55. The van der Waals surface area contributed by atoms with Crippen molar-refractivity contribution in [1.82, 2.24) is 0 Å². The van der Waals surface area contributed by atoms with Gasteiger partial charge in [-0.05, 0) is 37.1 Å². The van der Waals surface area contributed by atoms with Crippen molar-refractivity contribution in [3.8, 4) is 11.5 Å². The van der Waals surface area contributed by atoms with Crippen molar-refractivity contribution in [1.29, 1.82) is 0 Å². The van der Waals surface area contributed by atoms with Gasteiger partial charge in [0.15, 0.2) is 13.6 Å². The number of halogens is 3. The van der Waals surface area contributed by atoms with Crippen LogP contribution in [-0.4, -0.2) is 30.7 Å². The molecular formula is C22H21Cl3O5P. The highest BCUT2D eigenvalue weighted by Crippen LogP contribution is 2.55. The molecular weight excluding hydrogens is 482 g/mol. The lowest BCUT2D eigenvalue weighted by Crippen LogP contribution is -2.39. The van der Waals surface area contributed by atoms with E-state index in [0.29, 0.717) is 25.7 Å². The smallest absolute Gasteiger partial charge is 0.250 e. The molecule has 0 saturated heterocycles. The average molecular weight is 503 g/mol. The van der Waals surface area contributed by atoms with Gasteiger partial charge in [0.05, 0.1) is 29.8 Å². The minimum atomic E-state index is -2.71. The molecule has 0 amide bonds. The molecule has 0 aliphatic heterocycles. The molecule has 5 nitrogen and oxygen atoms in total. The Morgan fingerprint density at radius 1 is 0.903 bits per heavy atom. The maximum Gasteiger partial charge on any atom is 0.250 e. The molecule has 165 valence electrons. The third kappa shape index (κ3) is 4.47. The number of ketones is 1. The van der Waals surface area contributed by atoms with Gasteiger partial charge in [-0.15, -0.1) is 0 Å². The van der Waals surface area contributed by atoms with E-state index in [0.717, 1.165) is 6.42 Å². The van der Waals surface area contributed by atoms with Gasteiger partial charge < -0.3 is 9.47 Å². The summed E-state index contributed by atoms with van der Waals surface area (Å²) >= 11 is 18.6. The summed E-state index contributed by atoms with van der Waals surface area (Å²) in [6.45, 7) is 0. The summed E-state index contributed by atoms with van der Waals surface area (Å²) in [7, 11) is 0.112. The van der Waals surface area contributed by atoms with Crippen LogP contribution in [0.5, 0.6) is 11.5 Å². The Kier molecular flexibility index (Phi) is 7.64. The number of Topliss-reactive ketones (excluding diaryl/α,β-unsaturated/α-hetero) is 1. The van der Waals surface area contributed by atoms with Crippen LogP contribution in [0.1, 0.15) is 52.8 Å². The largest absolute Gasteiger partial charge is 0.496 e. The highest BCUT2D eigenvalue weighted by Gasteiger charge is 2.50. The van der Waals surface area contributed by atoms with Gasteiger partial charge in [0.2, 0.25) is 5.52 Å². The number of ether oxygens (including phenoxy) is 2. The molecule has 1 aliphatic carbocycles. The molecule has 1 unspecified atom stereocenters. The van der Waals surface area contributed by atoms with Crippen LogP contribution in [0.15, 0.2) is 30.3 Å². The molecule has 1 fully saturated rings. The lowest BCUT2D eigenvalue weighted by atomic mass is 9.82. The molecule has 0 bridgehead atoms. The van der Waals surface area contributed by atoms with Crippen molar-refractivity contribution in [2.45, 2.75) is 37.3 Å². The van der Waals surface area contributed by atoms with Crippen LogP contribution in [0.4, 0.5) is 0 Å². The Morgan fingerprint density at radius 3 is 1.90 bits per heavy atom. The second kappa shape index (κ2) is 9.87. The maximum atomic E-state index is 13.8. The molecule has 9 heteroatoms. The van der Waals surface area contributed by atoms with E-state index in [1.54, 1.807) is 18.2 Å². The van der Waals surface area contributed by atoms with Gasteiger partial charge in [0, 0.05) is 5.02 Å². The summed E-state index contributed by atoms with van der Waals surface area (Å²) in [5, 5.41) is -1.00. The summed E-state index contributed by atoms with van der Waals surface area (Å²) in [5.41, 5.74) is -0.599. The zero-order valence-corrected chi connectivity index (χ0v) is 20.2. The highest BCUT2D eigenvalue weighted by atomic mass is 35.5. The summed E-state index contributed by atoms with van der Waals surface area (Å²) in [6.07, 6.45) is 2.78. The molecule has 0 aromatic heterocycles. The Bertz CT molecular complexity index is 1000. The lowest BCUT2D eigenvalue weighted by molar-refractivity contribution is 0.0903. The Labute approximate surface area is 196 Å². The highest BCUT2D eigenvalue weighted by molar-refractivity contribution is 7.67. The Morgan fingerprint density at radius 2 is 1.42 bits per heavy atom. The number of carbonyl (C=O) groups is 2. The maximum absolute atomic E-state index is 13.8. The normalized spacial score (nSPS) is 15.8. The molecule has 1 atom stereocenters. The van der Waals surface area contributed by atoms with Crippen LogP contribution in [0.2, 0.25) is 15.1 Å². The van der Waals surface area contributed by atoms with E-state index < -0.39 is 24.3 Å². The number of rotatable bonds is 7. The number of carbonyl (C=O) groups excluding carboxylic acids is 2. The van der Waals surface area contributed by atoms with Gasteiger partial charge in [-0.2, -0.15) is 0 Å². The number of methoxy groups -OCH3 is 2. The Hall–Kier alpha value is -1.65. The third-order valence-corrected chi connectivity index (χ3v) is 8.39. The molecule has 2 aromatic carbocycles. The van der Waals surface area contributed by atoms with E-state index in [9.17, 15) is 14.2 Å². The van der Waals surface area contributed by atoms with Gasteiger partial charge in [0.1, 0.15) is 22.2 Å². The first-order chi connectivity index (χ1) is 14.8. The van der Waals surface area contributed by atoms with Crippen LogP contribution >= 0.6 is 42.6 Å². The molecule has 0 N–H and O–H groups in total. The van der Waals surface area contributed by atoms with Gasteiger partial charge in [-0.3, -0.25) is 14.2 Å². The number of benzene rings is 2. The van der Waals surface area contributed by atoms with Gasteiger partial charge >= 0.3 is 0 Å². The first-order valence-corrected chi connectivity index (χ1v) is 12.1. The second-order valence-electron chi connectivity index (χ2n) is 7.30. The van der Waals surface area contributed by atoms with E-state index in [1.807, 2.05) is 0 Å². The number of hydrogen-bond acceptors (Lipinski definition) is 5. The van der Waals surface area contributed by atoms with Crippen LogP contribution in [0, 0.1) is 0 Å². The average Bonchev–Trinajstić information content (AvgIpc) is 2.77. The molecule has 1 radical (unpaired) electrons. The zero-order chi connectivity index (χ0) is 22.8. The molecule has 1 saturated carbocycles. The van der Waals surface area contributed by atoms with Crippen molar-refractivity contribution in [2.24, 2.45) is 0 Å². The van der Waals surface area contributed by atoms with Crippen molar-refractivity contribution in [3.63, 3.8) is 0 Å². The fourth-order valence-corrected chi connectivity index (χ4v) is 6.83. The minimum absolute atomic E-state index is 0.0396. The van der Waals surface area contributed by atoms with Crippen LogP contribution in [0.25, 0.3) is 0 Å². The van der Waals surface area contributed by atoms with Crippen LogP contribution < -0.4 is 9.47 Å². The van der Waals surface area contributed by atoms with E-state index in [4.69, 9.17) is 44.3 Å². The lowest BCUT2D eigenvalue weighted by Gasteiger charge is -2.34. The van der Waals surface area contributed by atoms with Crippen molar-refractivity contribution in [2.75, 3.05) is 14.2 Å². The topological polar surface area (TPSA) is 69.7 Å². The van der Waals surface area contributed by atoms with E-state index in [2.05, 4.69) is 0 Å². The van der Waals surface area contributed by atoms with E-state index in [1.165, 1.54) is 26.4 Å². The van der Waals surface area contributed by atoms with Crippen molar-refractivity contribution >= 4 is 53.9 Å². The zero-order valence-electron chi connectivity index (χ0n) is 17.0. The van der Waals surface area contributed by atoms with Crippen molar-refractivity contribution < 1.29 is 23.6 Å². The quantitative estimate of drug-likeness (QED) is 0.295. The molecule has 0 spiro atoms. The number of hydrogen-bond donors (Lipinski definition) is 0. The summed E-state index contributed by atoms with van der Waals surface area (Å²) in [5.74, 6) is -0.0375. The van der Waals surface area contributed by atoms with Gasteiger partial charge in [-0.25, -0.2) is 0 Å². The predicted octanol–water partition coefficient (Wildman–Crippen LogP) is 7.22. The summed E-state index contributed by atoms with van der Waals surface area (Å²) in [6, 6.07) is 7.66. The summed E-state index contributed by atoms with van der Waals surface area (Å²) < 4.78 is 24.4. The standard InChI is InChI=1S/C22H21Cl3O5P/c1-29-16-7-6-8-17(30-2)19(16)21(27)31(28)22(9-4-3-5-10-22)20(26)18-14(24)11-13(23)12-15(18)25/h6-8,11-12H,3-5,9-10H2,1-2H3. The van der Waals surface area contributed by atoms with E-state index >= 15 is 0 Å². The minimum Gasteiger partial charge on any atom is -0.496 e. The van der Waals surface area contributed by atoms with E-state index in [-0.39, 0.29) is 37.7 Å². The Balaban J connectivity index is 2.13. The molecule has 1 aliphatic rings. The van der Waals surface area contributed by atoms with Crippen LogP contribution in [-0.2, 0) is 4.57 Å². The predicted molar refractivity (Wildman–Crippen MR) is 123 cm³/mol. The first kappa shape index (κ1) is 24.0. The first-order valence-electron chi connectivity index (χ1n) is 9.69. The fourth-order valence-electron chi connectivity index (χ4n) is 4.01. The van der Waals surface area contributed by atoms with Gasteiger partial charge in [0.25, 0.3) is 0 Å². The molecule has 3 rings (SSSR count). The molecule has 0 heterocycles. The van der Waals surface area contributed by atoms with Crippen LogP contribution in [0.3, 0.4) is 0 Å². The molecule has 2 aromatic rings. The summed E-state index contributed by atoms with van der Waals surface area (Å²) in [4.78, 5) is 27.2. The molecule has 31 heavy (non-hydrogen) atoms. The SMILES string of the molecule is COc1cccc(OC)c1C(=O)[P](=O)C1(C(=O)c2c(Cl)cc(Cl)cc2Cl)CCCCC1. The monoisotopic (exact) mass is 501 g/mol. The van der Waals surface area contributed by atoms with Crippen molar-refractivity contribution in [3.05, 3.63) is 56.5 Å².